The molecule has 4 aromatic rings. The number of carbonyl (C=O) groups excluding carboxylic acids is 1. The van der Waals surface area contributed by atoms with Crippen LogP contribution >= 0.6 is 15.9 Å². The van der Waals surface area contributed by atoms with E-state index in [1.54, 1.807) is 32.6 Å². The largest absolute Gasteiger partial charge is 0.493 e. The molecule has 0 aliphatic heterocycles. The summed E-state index contributed by atoms with van der Waals surface area (Å²) >= 11 is 3.45. The number of amides is 1. The molecule has 3 aromatic carbocycles. The number of nitrogens with zero attached hydrogens (tertiary/aromatic N) is 2. The van der Waals surface area contributed by atoms with Crippen molar-refractivity contribution in [1.29, 1.82) is 0 Å². The van der Waals surface area contributed by atoms with Crippen LogP contribution in [-0.4, -0.2) is 31.3 Å². The van der Waals surface area contributed by atoms with Crippen molar-refractivity contribution < 1.29 is 14.3 Å². The summed E-state index contributed by atoms with van der Waals surface area (Å²) in [5.74, 6) is 0.823. The molecule has 32 heavy (non-hydrogen) atoms. The molecule has 1 aromatic heterocycles. The van der Waals surface area contributed by atoms with E-state index in [0.29, 0.717) is 17.1 Å². The number of ether oxygens (including phenoxy) is 2. The Kier molecular flexibility index (Phi) is 6.47. The number of carbonyl (C=O) groups is 1. The van der Waals surface area contributed by atoms with Gasteiger partial charge in [-0.1, -0.05) is 48.5 Å². The lowest BCUT2D eigenvalue weighted by molar-refractivity contribution is 0.0956. The smallest absolute Gasteiger partial charge is 0.272 e. The Bertz CT molecular complexity index is 1310. The number of fused-ring (bicyclic) bond motifs is 1. The maximum atomic E-state index is 13.0. The number of benzene rings is 3. The number of methoxy groups -OCH3 is 2. The third-order valence-electron chi connectivity index (χ3n) is 4.87. The average molecular weight is 490 g/mol. The third kappa shape index (κ3) is 4.48. The minimum Gasteiger partial charge on any atom is -0.493 e. The van der Waals surface area contributed by atoms with Gasteiger partial charge in [0.25, 0.3) is 5.91 Å². The van der Waals surface area contributed by atoms with Crippen LogP contribution in [0.2, 0.25) is 0 Å². The predicted molar refractivity (Wildman–Crippen MR) is 129 cm³/mol. The first-order chi connectivity index (χ1) is 15.6. The van der Waals surface area contributed by atoms with E-state index < -0.39 is 0 Å². The fourth-order valence-corrected chi connectivity index (χ4v) is 3.98. The van der Waals surface area contributed by atoms with E-state index in [0.717, 1.165) is 32.2 Å². The van der Waals surface area contributed by atoms with E-state index in [9.17, 15) is 4.79 Å². The second-order valence-corrected chi connectivity index (χ2v) is 7.73. The van der Waals surface area contributed by atoms with Crippen molar-refractivity contribution in [2.24, 2.45) is 5.10 Å². The SMILES string of the molecule is COc1cc(C=NNC(=O)c2cc(-c3ccccc3)nc3ccccc23)cc(Br)c1OC. The van der Waals surface area contributed by atoms with Crippen LogP contribution in [0.15, 0.2) is 82.4 Å². The molecule has 7 heteroatoms. The van der Waals surface area contributed by atoms with Crippen LogP contribution in [0.4, 0.5) is 0 Å². The van der Waals surface area contributed by atoms with Crippen molar-refractivity contribution in [2.75, 3.05) is 14.2 Å². The summed E-state index contributed by atoms with van der Waals surface area (Å²) in [7, 11) is 3.13. The van der Waals surface area contributed by atoms with Crippen LogP contribution in [0.5, 0.6) is 11.5 Å². The summed E-state index contributed by atoms with van der Waals surface area (Å²) in [6, 6.07) is 22.7. The van der Waals surface area contributed by atoms with E-state index in [2.05, 4.69) is 26.5 Å². The Hall–Kier alpha value is -3.71. The lowest BCUT2D eigenvalue weighted by atomic mass is 10.0. The molecule has 0 saturated heterocycles. The molecule has 0 aliphatic carbocycles. The molecular formula is C25H20BrN3O3. The Labute approximate surface area is 194 Å². The minimum absolute atomic E-state index is 0.323. The summed E-state index contributed by atoms with van der Waals surface area (Å²) < 4.78 is 11.4. The zero-order chi connectivity index (χ0) is 22.5. The van der Waals surface area contributed by atoms with Gasteiger partial charge in [-0.25, -0.2) is 10.4 Å². The molecule has 0 saturated carbocycles. The summed E-state index contributed by atoms with van der Waals surface area (Å²) in [4.78, 5) is 17.7. The van der Waals surface area contributed by atoms with Gasteiger partial charge in [0.05, 0.1) is 41.7 Å². The van der Waals surface area contributed by atoms with Gasteiger partial charge in [-0.15, -0.1) is 0 Å². The Morgan fingerprint density at radius 1 is 1.00 bits per heavy atom. The summed E-state index contributed by atoms with van der Waals surface area (Å²) in [5.41, 5.74) is 6.26. The van der Waals surface area contributed by atoms with Crippen molar-refractivity contribution in [3.05, 3.63) is 88.4 Å². The molecule has 6 nitrogen and oxygen atoms in total. The summed E-state index contributed by atoms with van der Waals surface area (Å²) in [6.07, 6.45) is 1.55. The van der Waals surface area contributed by atoms with Crippen molar-refractivity contribution >= 4 is 39.0 Å². The van der Waals surface area contributed by atoms with Gasteiger partial charge in [0.1, 0.15) is 0 Å². The monoisotopic (exact) mass is 489 g/mol. The maximum Gasteiger partial charge on any atom is 0.272 e. The van der Waals surface area contributed by atoms with Crippen molar-refractivity contribution in [2.45, 2.75) is 0 Å². The summed E-state index contributed by atoms with van der Waals surface area (Å²) in [6.45, 7) is 0. The number of halogens is 1. The minimum atomic E-state index is -0.323. The number of rotatable bonds is 6. The quantitative estimate of drug-likeness (QED) is 0.289. The number of para-hydroxylation sites is 1. The molecule has 0 unspecified atom stereocenters. The number of hydrogen-bond acceptors (Lipinski definition) is 5. The van der Waals surface area contributed by atoms with E-state index >= 15 is 0 Å². The van der Waals surface area contributed by atoms with Crippen LogP contribution in [-0.2, 0) is 0 Å². The first-order valence-corrected chi connectivity index (χ1v) is 10.6. The third-order valence-corrected chi connectivity index (χ3v) is 5.46. The Morgan fingerprint density at radius 2 is 1.75 bits per heavy atom. The number of hydrogen-bond donors (Lipinski definition) is 1. The lowest BCUT2D eigenvalue weighted by Gasteiger charge is -2.10. The van der Waals surface area contributed by atoms with E-state index in [1.165, 1.54) is 0 Å². The van der Waals surface area contributed by atoms with Gasteiger partial charge < -0.3 is 9.47 Å². The van der Waals surface area contributed by atoms with E-state index in [4.69, 9.17) is 14.5 Å². The second-order valence-electron chi connectivity index (χ2n) is 6.88. The first kappa shape index (κ1) is 21.5. The predicted octanol–water partition coefficient (Wildman–Crippen LogP) is 5.45. The second kappa shape index (κ2) is 9.62. The Morgan fingerprint density at radius 3 is 2.50 bits per heavy atom. The van der Waals surface area contributed by atoms with Gasteiger partial charge in [-0.3, -0.25) is 4.79 Å². The number of hydrazone groups is 1. The highest BCUT2D eigenvalue weighted by Gasteiger charge is 2.14. The van der Waals surface area contributed by atoms with E-state index in [-0.39, 0.29) is 5.91 Å². The average Bonchev–Trinajstić information content (AvgIpc) is 2.83. The van der Waals surface area contributed by atoms with Crippen molar-refractivity contribution in [1.82, 2.24) is 10.4 Å². The van der Waals surface area contributed by atoms with Crippen LogP contribution in [0, 0.1) is 0 Å². The number of pyridine rings is 1. The molecule has 0 atom stereocenters. The van der Waals surface area contributed by atoms with Gasteiger partial charge in [0.15, 0.2) is 11.5 Å². The van der Waals surface area contributed by atoms with Gasteiger partial charge in [-0.2, -0.15) is 5.10 Å². The van der Waals surface area contributed by atoms with Gasteiger partial charge in [0, 0.05) is 10.9 Å². The first-order valence-electron chi connectivity index (χ1n) is 9.81. The van der Waals surface area contributed by atoms with E-state index in [1.807, 2.05) is 60.7 Å². The topological polar surface area (TPSA) is 72.8 Å². The molecule has 1 heterocycles. The highest BCUT2D eigenvalue weighted by molar-refractivity contribution is 9.10. The molecule has 4 rings (SSSR count). The van der Waals surface area contributed by atoms with Gasteiger partial charge in [-0.05, 0) is 45.8 Å². The van der Waals surface area contributed by atoms with Crippen LogP contribution in [0.25, 0.3) is 22.2 Å². The molecule has 0 fully saturated rings. The molecule has 1 N–H and O–H groups in total. The van der Waals surface area contributed by atoms with Gasteiger partial charge >= 0.3 is 0 Å². The number of nitrogens with one attached hydrogen (secondary N) is 1. The fraction of sp³-hybridized carbons (Fsp3) is 0.0800. The highest BCUT2D eigenvalue weighted by atomic mass is 79.9. The standard InChI is InChI=1S/C25H20BrN3O3/c1-31-23-13-16(12-20(26)24(23)32-2)15-27-29-25(30)19-14-22(17-8-4-3-5-9-17)28-21-11-7-6-10-18(19)21/h3-15H,1-2H3,(H,29,30). The highest BCUT2D eigenvalue weighted by Crippen LogP contribution is 2.35. The van der Waals surface area contributed by atoms with Gasteiger partial charge in [0.2, 0.25) is 0 Å². The van der Waals surface area contributed by atoms with Crippen LogP contribution in [0.3, 0.4) is 0 Å². The molecule has 160 valence electrons. The van der Waals surface area contributed by atoms with Crippen LogP contribution in [0.1, 0.15) is 15.9 Å². The zero-order valence-electron chi connectivity index (χ0n) is 17.5. The normalized spacial score (nSPS) is 11.0. The molecule has 0 bridgehead atoms. The number of aromatic nitrogens is 1. The zero-order valence-corrected chi connectivity index (χ0v) is 19.1. The lowest BCUT2D eigenvalue weighted by Crippen LogP contribution is -2.18. The fourth-order valence-electron chi connectivity index (χ4n) is 3.36. The molecule has 0 spiro atoms. The van der Waals surface area contributed by atoms with Crippen molar-refractivity contribution in [3.8, 4) is 22.8 Å². The molecule has 0 radical (unpaired) electrons. The van der Waals surface area contributed by atoms with Crippen molar-refractivity contribution in [3.63, 3.8) is 0 Å². The Balaban J connectivity index is 1.64. The molecule has 0 aliphatic rings. The summed E-state index contributed by atoms with van der Waals surface area (Å²) in [5, 5.41) is 4.90. The molecular weight excluding hydrogens is 470 g/mol. The molecule has 1 amide bonds. The maximum absolute atomic E-state index is 13.0. The van der Waals surface area contributed by atoms with Crippen LogP contribution < -0.4 is 14.9 Å².